The van der Waals surface area contributed by atoms with E-state index in [1.54, 1.807) is 0 Å². The molecule has 0 unspecified atom stereocenters. The van der Waals surface area contributed by atoms with E-state index in [1.165, 1.54) is 0 Å². The second-order valence-corrected chi connectivity index (χ2v) is 10.7. The molecule has 0 atom stereocenters. The molecule has 0 aromatic carbocycles. The quantitative estimate of drug-likeness (QED) is 0.482. The lowest BCUT2D eigenvalue weighted by atomic mass is 9.96. The fourth-order valence-electron chi connectivity index (χ4n) is 2.47. The number of allylic oxidation sites excluding steroid dienone is 7. The van der Waals surface area contributed by atoms with Gasteiger partial charge in [0.25, 0.3) is 0 Å². The highest BCUT2D eigenvalue weighted by Crippen LogP contribution is 2.50. The molecule has 2 aliphatic carbocycles. The Morgan fingerprint density at radius 1 is 1.05 bits per heavy atom. The van der Waals surface area contributed by atoms with Crippen molar-refractivity contribution in [3.05, 3.63) is 82.4 Å². The Morgan fingerprint density at radius 3 is 2.35 bits per heavy atom. The van der Waals surface area contributed by atoms with Crippen LogP contribution < -0.4 is 4.98 Å². The van der Waals surface area contributed by atoms with Gasteiger partial charge < -0.3 is 9.72 Å². The third-order valence-electron chi connectivity index (χ3n) is 3.26. The van der Waals surface area contributed by atoms with Gasteiger partial charge in [-0.2, -0.15) is 0 Å². The summed E-state index contributed by atoms with van der Waals surface area (Å²) in [7, 11) is -1.44. The lowest BCUT2D eigenvalue weighted by molar-refractivity contribution is 0.547. The molecule has 0 bridgehead atoms. The topological polar surface area (TPSA) is 24.6 Å². The molecule has 3 heteroatoms. The second kappa shape index (κ2) is 4.16. The average molecular weight is 279 g/mol. The zero-order chi connectivity index (χ0) is 14.5. The van der Waals surface area contributed by atoms with E-state index in [9.17, 15) is 0 Å². The van der Waals surface area contributed by atoms with Crippen LogP contribution in [0.4, 0.5) is 0 Å². The first kappa shape index (κ1) is 12.8. The molecule has 2 nitrogen and oxygen atoms in total. The lowest BCUT2D eigenvalue weighted by Crippen LogP contribution is -2.40. The van der Waals surface area contributed by atoms with Crippen molar-refractivity contribution >= 4 is 8.24 Å². The van der Waals surface area contributed by atoms with Crippen LogP contribution in [-0.2, 0) is 4.74 Å². The Morgan fingerprint density at radius 2 is 1.75 bits per heavy atom. The molecule has 0 saturated carbocycles. The van der Waals surface area contributed by atoms with E-state index in [-0.39, 0.29) is 0 Å². The molecule has 0 aromatic rings. The first-order valence-electron chi connectivity index (χ1n) is 6.60. The van der Waals surface area contributed by atoms with Gasteiger partial charge in [0.1, 0.15) is 8.24 Å². The molecule has 1 N–H and O–H groups in total. The number of ether oxygens (including phenoxy) is 1. The summed E-state index contributed by atoms with van der Waals surface area (Å²) in [4.78, 5) is 3.66. The van der Waals surface area contributed by atoms with Crippen molar-refractivity contribution in [2.24, 2.45) is 0 Å². The van der Waals surface area contributed by atoms with Gasteiger partial charge in [0.05, 0.1) is 0 Å². The number of epoxide rings is 1. The van der Waals surface area contributed by atoms with Gasteiger partial charge in [0.15, 0.2) is 11.5 Å². The zero-order valence-electron chi connectivity index (χ0n) is 12.1. The van der Waals surface area contributed by atoms with Gasteiger partial charge >= 0.3 is 0 Å². The van der Waals surface area contributed by atoms with Crippen LogP contribution in [-0.4, -0.2) is 8.24 Å². The van der Waals surface area contributed by atoms with Gasteiger partial charge in [-0.1, -0.05) is 32.8 Å². The minimum Gasteiger partial charge on any atom is -0.449 e. The molecule has 0 spiro atoms. The van der Waals surface area contributed by atoms with Crippen molar-refractivity contribution in [2.75, 3.05) is 0 Å². The molecule has 0 aromatic heterocycles. The largest absolute Gasteiger partial charge is 0.449 e. The van der Waals surface area contributed by atoms with Crippen LogP contribution in [0, 0.1) is 0 Å². The third-order valence-corrected chi connectivity index (χ3v) is 4.28. The molecule has 20 heavy (non-hydrogen) atoms. The summed E-state index contributed by atoms with van der Waals surface area (Å²) >= 11 is 0. The normalized spacial score (nSPS) is 19.6. The number of rotatable bonds is 3. The summed E-state index contributed by atoms with van der Waals surface area (Å²) in [6.45, 7) is 14.4. The number of hydrogen-bond acceptors (Lipinski definition) is 2. The third kappa shape index (κ3) is 1.99. The molecular weight excluding hydrogens is 262 g/mol. The van der Waals surface area contributed by atoms with Crippen LogP contribution in [0.2, 0.25) is 19.6 Å². The Bertz CT molecular complexity index is 740. The zero-order valence-corrected chi connectivity index (χ0v) is 13.1. The van der Waals surface area contributed by atoms with Crippen molar-refractivity contribution in [3.8, 4) is 0 Å². The van der Waals surface area contributed by atoms with Crippen LogP contribution in [0.1, 0.15) is 0 Å². The van der Waals surface area contributed by atoms with Gasteiger partial charge in [0.2, 0.25) is 0 Å². The van der Waals surface area contributed by atoms with Crippen molar-refractivity contribution in [3.63, 3.8) is 0 Å². The minimum atomic E-state index is -1.44. The van der Waals surface area contributed by atoms with Crippen molar-refractivity contribution in [2.45, 2.75) is 19.6 Å². The standard InChI is InChI=1S/C17H17NOSi/c1-6-11-8-9-13(18-20(3,4)5)15(11)16-12(7-2)10-14-17(16)19-14/h8-10,18H,1-2H2,3-5H3. The maximum atomic E-state index is 5.49. The first-order valence-corrected chi connectivity index (χ1v) is 10.1. The fourth-order valence-corrected chi connectivity index (χ4v) is 3.49. The van der Waals surface area contributed by atoms with Crippen molar-refractivity contribution in [1.82, 2.24) is 4.98 Å². The van der Waals surface area contributed by atoms with Crippen LogP contribution in [0.15, 0.2) is 82.4 Å². The first-order chi connectivity index (χ1) is 9.44. The molecular formula is C17H17NOSi. The van der Waals surface area contributed by atoms with Gasteiger partial charge in [-0.05, 0) is 12.2 Å². The van der Waals surface area contributed by atoms with Gasteiger partial charge in [-0.3, -0.25) is 0 Å². The molecule has 1 aliphatic heterocycles. The molecule has 0 radical (unpaired) electrons. The summed E-state index contributed by atoms with van der Waals surface area (Å²) in [5.41, 5.74) is 11.3. The number of fused-ring (bicyclic) bond motifs is 1. The Labute approximate surface area is 120 Å². The second-order valence-electron chi connectivity index (χ2n) is 5.99. The smallest absolute Gasteiger partial charge is 0.179 e. The Hall–Kier alpha value is -2.18. The van der Waals surface area contributed by atoms with Crippen LogP contribution in [0.3, 0.4) is 0 Å². The number of hydrogen-bond donors (Lipinski definition) is 1. The summed E-state index contributed by atoms with van der Waals surface area (Å²) in [6.07, 6.45) is 6.12. The molecule has 1 heterocycles. The van der Waals surface area contributed by atoms with E-state index in [2.05, 4.69) is 55.3 Å². The van der Waals surface area contributed by atoms with E-state index in [0.29, 0.717) is 0 Å². The Balaban J connectivity index is 2.14. The van der Waals surface area contributed by atoms with E-state index in [0.717, 1.165) is 39.5 Å². The average Bonchev–Trinajstić information content (AvgIpc) is 2.87. The number of nitrogens with one attached hydrogen (secondary N) is 1. The molecule has 3 aliphatic rings. The molecule has 100 valence electrons. The summed E-state index contributed by atoms with van der Waals surface area (Å²) in [5.74, 6) is 1.87. The highest BCUT2D eigenvalue weighted by Gasteiger charge is 2.40. The van der Waals surface area contributed by atoms with Crippen LogP contribution in [0.5, 0.6) is 0 Å². The predicted octanol–water partition coefficient (Wildman–Crippen LogP) is 3.84. The monoisotopic (exact) mass is 279 g/mol. The molecule has 3 rings (SSSR count). The van der Waals surface area contributed by atoms with E-state index < -0.39 is 8.24 Å². The summed E-state index contributed by atoms with van der Waals surface area (Å²) in [6, 6.07) is 0. The highest BCUT2D eigenvalue weighted by molar-refractivity contribution is 6.74. The van der Waals surface area contributed by atoms with Crippen molar-refractivity contribution < 1.29 is 4.74 Å². The predicted molar refractivity (Wildman–Crippen MR) is 84.1 cm³/mol. The van der Waals surface area contributed by atoms with Gasteiger partial charge in [0, 0.05) is 34.1 Å². The lowest BCUT2D eigenvalue weighted by Gasteiger charge is -2.21. The highest BCUT2D eigenvalue weighted by atomic mass is 28.3. The maximum absolute atomic E-state index is 5.49. The van der Waals surface area contributed by atoms with Gasteiger partial charge in [-0.15, -0.1) is 11.5 Å². The van der Waals surface area contributed by atoms with Crippen LogP contribution in [0.25, 0.3) is 0 Å². The fraction of sp³-hybridized carbons (Fsp3) is 0.176. The SMILES string of the molecule is C=C=C1C=CC(N[Si](C)(C)C)=C1C1=C2OC2=CC1=C=C. The van der Waals surface area contributed by atoms with E-state index in [1.807, 2.05) is 12.2 Å². The minimum absolute atomic E-state index is 0.932. The van der Waals surface area contributed by atoms with E-state index in [4.69, 9.17) is 4.74 Å². The summed E-state index contributed by atoms with van der Waals surface area (Å²) < 4.78 is 5.49. The summed E-state index contributed by atoms with van der Waals surface area (Å²) in [5, 5.41) is 0. The Kier molecular flexibility index (Phi) is 2.67. The van der Waals surface area contributed by atoms with Crippen LogP contribution >= 0.6 is 0 Å². The molecule has 1 fully saturated rings. The molecule has 1 saturated heterocycles. The molecule has 0 amide bonds. The van der Waals surface area contributed by atoms with Gasteiger partial charge in [-0.25, -0.2) is 0 Å². The van der Waals surface area contributed by atoms with E-state index >= 15 is 0 Å². The maximum Gasteiger partial charge on any atom is 0.179 e. The van der Waals surface area contributed by atoms with Crippen molar-refractivity contribution in [1.29, 1.82) is 0 Å².